The van der Waals surface area contributed by atoms with Crippen LogP contribution in [-0.4, -0.2) is 50.3 Å². The predicted molar refractivity (Wildman–Crippen MR) is 103 cm³/mol. The molecule has 4 heterocycles. The normalized spacial score (nSPS) is 14.6. The minimum atomic E-state index is -0.0385. The molecule has 9 heteroatoms. The molecule has 3 aromatic heterocycles. The number of thiazole rings is 1. The molecule has 0 radical (unpaired) electrons. The summed E-state index contributed by atoms with van der Waals surface area (Å²) in [5.41, 5.74) is 4.15. The summed E-state index contributed by atoms with van der Waals surface area (Å²) in [4.78, 5) is 18.8. The molecule has 27 heavy (non-hydrogen) atoms. The minimum absolute atomic E-state index is 0.0385. The van der Waals surface area contributed by atoms with Crippen LogP contribution in [0.4, 0.5) is 5.82 Å². The highest BCUT2D eigenvalue weighted by atomic mass is 32.1. The predicted octanol–water partition coefficient (Wildman–Crippen LogP) is 1.91. The molecule has 136 valence electrons. The van der Waals surface area contributed by atoms with Crippen molar-refractivity contribution in [1.82, 2.24) is 30.1 Å². The number of nitrogens with one attached hydrogen (secondary N) is 1. The molecule has 0 saturated carbocycles. The van der Waals surface area contributed by atoms with Crippen LogP contribution in [0.15, 0.2) is 35.8 Å². The second-order valence-electron chi connectivity index (χ2n) is 6.72. The Morgan fingerprint density at radius 1 is 1.26 bits per heavy atom. The highest BCUT2D eigenvalue weighted by molar-refractivity contribution is 7.16. The Labute approximate surface area is 158 Å². The standard InChI is InChI=1S/C18H17N7OS/c1-11-21-22-16-4-5-17(23-25(11)16)24-8-12(9-24)7-19-18(26)13-2-3-14-15(6-13)27-10-20-14/h2-6,10,12H,7-9H2,1H3,(H,19,26). The zero-order valence-electron chi connectivity index (χ0n) is 14.7. The molecule has 1 saturated heterocycles. The lowest BCUT2D eigenvalue weighted by Gasteiger charge is -2.40. The topological polar surface area (TPSA) is 88.3 Å². The first kappa shape index (κ1) is 16.1. The van der Waals surface area contributed by atoms with Crippen LogP contribution in [0.2, 0.25) is 0 Å². The van der Waals surface area contributed by atoms with E-state index in [2.05, 4.69) is 30.5 Å². The summed E-state index contributed by atoms with van der Waals surface area (Å²) in [5.74, 6) is 2.06. The van der Waals surface area contributed by atoms with Crippen molar-refractivity contribution < 1.29 is 4.79 Å². The van der Waals surface area contributed by atoms with Gasteiger partial charge in [0.2, 0.25) is 0 Å². The first-order valence-electron chi connectivity index (χ1n) is 8.73. The Morgan fingerprint density at radius 3 is 3.04 bits per heavy atom. The summed E-state index contributed by atoms with van der Waals surface area (Å²) in [5, 5.41) is 15.7. The molecule has 1 amide bonds. The van der Waals surface area contributed by atoms with E-state index >= 15 is 0 Å². The molecule has 1 N–H and O–H groups in total. The minimum Gasteiger partial charge on any atom is -0.354 e. The molecule has 8 nitrogen and oxygen atoms in total. The lowest BCUT2D eigenvalue weighted by Crippen LogP contribution is -2.52. The third-order valence-corrected chi connectivity index (χ3v) is 5.62. The van der Waals surface area contributed by atoms with Crippen molar-refractivity contribution in [2.45, 2.75) is 6.92 Å². The van der Waals surface area contributed by atoms with Crippen LogP contribution < -0.4 is 10.2 Å². The number of fused-ring (bicyclic) bond motifs is 2. The highest BCUT2D eigenvalue weighted by Gasteiger charge is 2.28. The van der Waals surface area contributed by atoms with E-state index in [1.54, 1.807) is 21.4 Å². The van der Waals surface area contributed by atoms with Crippen molar-refractivity contribution in [3.63, 3.8) is 0 Å². The summed E-state index contributed by atoms with van der Waals surface area (Å²) >= 11 is 1.54. The van der Waals surface area contributed by atoms with Gasteiger partial charge < -0.3 is 10.2 Å². The van der Waals surface area contributed by atoms with E-state index in [-0.39, 0.29) is 5.91 Å². The Balaban J connectivity index is 1.18. The number of amides is 1. The van der Waals surface area contributed by atoms with Crippen molar-refractivity contribution in [2.75, 3.05) is 24.5 Å². The first-order chi connectivity index (χ1) is 13.2. The average molecular weight is 379 g/mol. The van der Waals surface area contributed by atoms with E-state index < -0.39 is 0 Å². The van der Waals surface area contributed by atoms with Gasteiger partial charge in [-0.15, -0.1) is 26.6 Å². The van der Waals surface area contributed by atoms with E-state index in [0.29, 0.717) is 18.0 Å². The molecule has 1 aliphatic rings. The smallest absolute Gasteiger partial charge is 0.251 e. The Morgan fingerprint density at radius 2 is 2.15 bits per heavy atom. The van der Waals surface area contributed by atoms with Crippen molar-refractivity contribution >= 4 is 38.9 Å². The Hall–Kier alpha value is -3.07. The van der Waals surface area contributed by atoms with Gasteiger partial charge in [-0.2, -0.15) is 4.52 Å². The number of anilines is 1. The van der Waals surface area contributed by atoms with Crippen molar-refractivity contribution in [2.24, 2.45) is 5.92 Å². The quantitative estimate of drug-likeness (QED) is 0.583. The number of carbonyl (C=O) groups excluding carboxylic acids is 1. The Kier molecular flexibility index (Phi) is 3.75. The molecular weight excluding hydrogens is 362 g/mol. The molecule has 0 bridgehead atoms. The summed E-state index contributed by atoms with van der Waals surface area (Å²) < 4.78 is 2.78. The van der Waals surface area contributed by atoms with Crippen molar-refractivity contribution in [1.29, 1.82) is 0 Å². The zero-order chi connectivity index (χ0) is 18.4. The first-order valence-corrected chi connectivity index (χ1v) is 9.61. The number of carbonyl (C=O) groups is 1. The van der Waals surface area contributed by atoms with Crippen LogP contribution in [-0.2, 0) is 0 Å². The van der Waals surface area contributed by atoms with Gasteiger partial charge in [0.15, 0.2) is 11.5 Å². The molecule has 4 aromatic rings. The second kappa shape index (κ2) is 6.27. The van der Waals surface area contributed by atoms with E-state index in [0.717, 1.165) is 40.6 Å². The molecule has 1 aromatic carbocycles. The number of hydrogen-bond acceptors (Lipinski definition) is 7. The average Bonchev–Trinajstić information content (AvgIpc) is 3.26. The van der Waals surface area contributed by atoms with Gasteiger partial charge in [0.05, 0.1) is 15.7 Å². The monoisotopic (exact) mass is 379 g/mol. The van der Waals surface area contributed by atoms with Crippen LogP contribution in [0.1, 0.15) is 16.2 Å². The van der Waals surface area contributed by atoms with Crippen molar-refractivity contribution in [3.05, 3.63) is 47.2 Å². The zero-order valence-corrected chi connectivity index (χ0v) is 15.5. The lowest BCUT2D eigenvalue weighted by atomic mass is 10.00. The van der Waals surface area contributed by atoms with E-state index in [1.807, 2.05) is 37.3 Å². The number of benzene rings is 1. The third-order valence-electron chi connectivity index (χ3n) is 4.83. The van der Waals surface area contributed by atoms with Crippen molar-refractivity contribution in [3.8, 4) is 0 Å². The molecular formula is C18H17N7OS. The largest absolute Gasteiger partial charge is 0.354 e. The molecule has 1 aliphatic heterocycles. The van der Waals surface area contributed by atoms with Crippen LogP contribution >= 0.6 is 11.3 Å². The highest BCUT2D eigenvalue weighted by Crippen LogP contribution is 2.23. The molecule has 1 fully saturated rings. The number of nitrogens with zero attached hydrogens (tertiary/aromatic N) is 6. The van der Waals surface area contributed by atoms with Crippen LogP contribution in [0.25, 0.3) is 15.9 Å². The maximum Gasteiger partial charge on any atom is 0.251 e. The van der Waals surface area contributed by atoms with Crippen LogP contribution in [0, 0.1) is 12.8 Å². The van der Waals surface area contributed by atoms with Crippen LogP contribution in [0.5, 0.6) is 0 Å². The van der Waals surface area contributed by atoms with Gasteiger partial charge in [0, 0.05) is 31.1 Å². The van der Waals surface area contributed by atoms with E-state index in [1.165, 1.54) is 0 Å². The third kappa shape index (κ3) is 2.89. The summed E-state index contributed by atoms with van der Waals surface area (Å²) in [7, 11) is 0. The SMILES string of the molecule is Cc1nnc2ccc(N3CC(CNC(=O)c4ccc5ncsc5c4)C3)nn12. The Bertz CT molecular complexity index is 1140. The number of rotatable bonds is 4. The molecule has 0 aliphatic carbocycles. The van der Waals surface area contributed by atoms with Gasteiger partial charge in [-0.3, -0.25) is 4.79 Å². The summed E-state index contributed by atoms with van der Waals surface area (Å²) in [6.45, 7) is 4.28. The second-order valence-corrected chi connectivity index (χ2v) is 7.61. The van der Waals surface area contributed by atoms with Gasteiger partial charge in [0.1, 0.15) is 5.82 Å². The fourth-order valence-electron chi connectivity index (χ4n) is 3.28. The summed E-state index contributed by atoms with van der Waals surface area (Å²) in [6, 6.07) is 9.50. The fraction of sp³-hybridized carbons (Fsp3) is 0.278. The molecule has 5 rings (SSSR count). The van der Waals surface area contributed by atoms with Crippen LogP contribution in [0.3, 0.4) is 0 Å². The van der Waals surface area contributed by atoms with Gasteiger partial charge in [-0.25, -0.2) is 4.98 Å². The van der Waals surface area contributed by atoms with E-state index in [9.17, 15) is 4.79 Å². The van der Waals surface area contributed by atoms with Gasteiger partial charge in [-0.05, 0) is 37.3 Å². The molecule has 0 atom stereocenters. The van der Waals surface area contributed by atoms with E-state index in [4.69, 9.17) is 0 Å². The number of hydrogen-bond donors (Lipinski definition) is 1. The summed E-state index contributed by atoms with van der Waals surface area (Å²) in [6.07, 6.45) is 0. The molecule has 0 unspecified atom stereocenters. The lowest BCUT2D eigenvalue weighted by molar-refractivity contribution is 0.0944. The maximum atomic E-state index is 12.4. The van der Waals surface area contributed by atoms with Gasteiger partial charge >= 0.3 is 0 Å². The number of aryl methyl sites for hydroxylation is 1. The van der Waals surface area contributed by atoms with Gasteiger partial charge in [0.25, 0.3) is 5.91 Å². The maximum absolute atomic E-state index is 12.4. The number of aromatic nitrogens is 5. The fourth-order valence-corrected chi connectivity index (χ4v) is 3.99. The molecule has 0 spiro atoms. The van der Waals surface area contributed by atoms with Gasteiger partial charge in [-0.1, -0.05) is 0 Å².